The van der Waals surface area contributed by atoms with Crippen molar-refractivity contribution in [1.82, 2.24) is 50.8 Å². The van der Waals surface area contributed by atoms with Crippen molar-refractivity contribution in [3.8, 4) is 0 Å². The van der Waals surface area contributed by atoms with Gasteiger partial charge in [0.25, 0.3) is 0 Å². The molecule has 7 amide bonds. The van der Waals surface area contributed by atoms with Crippen LogP contribution in [0.15, 0.2) is 85.5 Å². The number of pyridine rings is 2. The van der Waals surface area contributed by atoms with Crippen molar-refractivity contribution >= 4 is 53.3 Å². The first-order valence-corrected chi connectivity index (χ1v) is 32.9. The molecule has 3 fully saturated rings. The van der Waals surface area contributed by atoms with Gasteiger partial charge in [-0.2, -0.15) is 0 Å². The van der Waals surface area contributed by atoms with Crippen molar-refractivity contribution in [2.24, 2.45) is 0 Å². The Morgan fingerprint density at radius 3 is 1.46 bits per heavy atom. The van der Waals surface area contributed by atoms with Crippen molar-refractivity contribution < 1.29 is 66.1 Å². The van der Waals surface area contributed by atoms with Gasteiger partial charge < -0.3 is 40.0 Å². The quantitative estimate of drug-likeness (QED) is 0.0208. The summed E-state index contributed by atoms with van der Waals surface area (Å²) in [4.78, 5) is 137. The first-order chi connectivity index (χ1) is 44.6. The molecular formula is C70H94F2N10O12. The highest BCUT2D eigenvalue weighted by atomic mass is 19.1. The maximum atomic E-state index is 14.6. The van der Waals surface area contributed by atoms with Crippen molar-refractivity contribution in [1.29, 1.82) is 0 Å². The molecule has 0 bridgehead atoms. The van der Waals surface area contributed by atoms with Crippen LogP contribution in [0.2, 0.25) is 0 Å². The predicted octanol–water partition coefficient (Wildman–Crippen LogP) is 9.45. The number of carbonyl (C=O) groups excluding carboxylic acids is 9. The topological polar surface area (TPSA) is 271 Å². The van der Waals surface area contributed by atoms with Crippen LogP contribution < -0.4 is 21.3 Å². The number of epoxide rings is 1. The van der Waals surface area contributed by atoms with Crippen LogP contribution in [0, 0.1) is 11.6 Å². The van der Waals surface area contributed by atoms with Gasteiger partial charge in [0.05, 0.1) is 18.2 Å². The molecule has 0 radical (unpaired) electrons. The molecular weight excluding hydrogens is 1210 g/mol. The fourth-order valence-electron chi connectivity index (χ4n) is 11.5. The van der Waals surface area contributed by atoms with Gasteiger partial charge in [0.1, 0.15) is 53.2 Å². The van der Waals surface area contributed by atoms with Crippen LogP contribution in [-0.4, -0.2) is 171 Å². The molecule has 2 unspecified atom stereocenters. The molecule has 0 aliphatic carbocycles. The first kappa shape index (κ1) is 73.2. The number of hydrogen-bond donors (Lipinski definition) is 4. The fourth-order valence-corrected chi connectivity index (χ4v) is 11.5. The number of likely N-dealkylation sites (N-methyl/N-ethyl adjacent to an activating group) is 2. The van der Waals surface area contributed by atoms with Gasteiger partial charge in [0.2, 0.25) is 29.5 Å². The summed E-state index contributed by atoms with van der Waals surface area (Å²) in [6.07, 6.45) is 13.5. The van der Waals surface area contributed by atoms with Gasteiger partial charge in [-0.25, -0.2) is 18.4 Å². The Bertz CT molecular complexity index is 3290. The second kappa shape index (κ2) is 33.7. The minimum Gasteiger partial charge on any atom is -0.444 e. The third-order valence-corrected chi connectivity index (χ3v) is 17.1. The van der Waals surface area contributed by atoms with E-state index in [0.717, 1.165) is 19.3 Å². The van der Waals surface area contributed by atoms with Crippen LogP contribution in [0.5, 0.6) is 0 Å². The van der Waals surface area contributed by atoms with E-state index in [1.165, 1.54) is 84.8 Å². The molecule has 24 heteroatoms. The van der Waals surface area contributed by atoms with E-state index < -0.39 is 83.1 Å². The molecule has 3 aliphatic rings. The highest BCUT2D eigenvalue weighted by Crippen LogP contribution is 2.35. The SMILES string of the molecule is C[C@@H](C(=O)N[C@@H](CCCCNC(=O)CCCCCC1OC1NCCCC[C@H](NC(=O)[C@H](C)N(C)C(=O)OC(C)(C)C)C(=O)N1CCC[C@H]1c1cncc(C(=O)c2ccc(F)cc2)c1)C(=O)N1CCC[C@H]1c1cncc(C(=O)c2ccc(F)cc2)c1)N(C)C(=O)OC(C)(C)C. The van der Waals surface area contributed by atoms with Gasteiger partial charge in [-0.1, -0.05) is 12.8 Å². The molecule has 22 nitrogen and oxygen atoms in total. The second-order valence-electron chi connectivity index (χ2n) is 26.7. The van der Waals surface area contributed by atoms with E-state index >= 15 is 0 Å². The number of ketones is 2. The Morgan fingerprint density at radius 2 is 1.02 bits per heavy atom. The summed E-state index contributed by atoms with van der Waals surface area (Å²) in [5.41, 5.74) is 0.903. The number of halogens is 2. The Balaban J connectivity index is 0.841. The molecule has 0 spiro atoms. The average Bonchev–Trinajstić information content (AvgIpc) is 1.52. The second-order valence-corrected chi connectivity index (χ2v) is 26.7. The zero-order valence-corrected chi connectivity index (χ0v) is 56.0. The van der Waals surface area contributed by atoms with Gasteiger partial charge in [0.15, 0.2) is 11.6 Å². The molecule has 5 heterocycles. The van der Waals surface area contributed by atoms with Gasteiger partial charge in [-0.15, -0.1) is 0 Å². The lowest BCUT2D eigenvalue weighted by molar-refractivity contribution is -0.138. The zero-order chi connectivity index (χ0) is 68.4. The fraction of sp³-hybridized carbons (Fsp3) is 0.557. The molecule has 3 saturated heterocycles. The number of likely N-dealkylation sites (tertiary alicyclic amines) is 2. The van der Waals surface area contributed by atoms with Gasteiger partial charge >= 0.3 is 12.2 Å². The number of aromatic nitrogens is 2. The van der Waals surface area contributed by atoms with E-state index in [2.05, 4.69) is 31.2 Å². The number of benzene rings is 2. The highest BCUT2D eigenvalue weighted by Gasteiger charge is 2.40. The summed E-state index contributed by atoms with van der Waals surface area (Å²) in [5.74, 6) is -3.39. The number of nitrogens with zero attached hydrogens (tertiary/aromatic N) is 6. The summed E-state index contributed by atoms with van der Waals surface area (Å²) < 4.78 is 44.2. The Hall–Kier alpha value is -8.25. The van der Waals surface area contributed by atoms with Crippen LogP contribution in [0.3, 0.4) is 0 Å². The molecule has 4 N–H and O–H groups in total. The number of ether oxygens (including phenoxy) is 3. The summed E-state index contributed by atoms with van der Waals surface area (Å²) in [6.45, 7) is 15.3. The number of unbranched alkanes of at least 4 members (excludes halogenated alkanes) is 4. The third-order valence-electron chi connectivity index (χ3n) is 17.1. The lowest BCUT2D eigenvalue weighted by atomic mass is 9.99. The predicted molar refractivity (Wildman–Crippen MR) is 347 cm³/mol. The summed E-state index contributed by atoms with van der Waals surface area (Å²) in [7, 11) is 2.93. The van der Waals surface area contributed by atoms with Gasteiger partial charge in [0, 0.05) is 87.2 Å². The number of rotatable bonds is 31. The number of hydrogen-bond acceptors (Lipinski definition) is 15. The summed E-state index contributed by atoms with van der Waals surface area (Å²) in [5, 5.41) is 12.3. The van der Waals surface area contributed by atoms with Crippen molar-refractivity contribution in [2.75, 3.05) is 40.3 Å². The van der Waals surface area contributed by atoms with E-state index in [4.69, 9.17) is 14.2 Å². The molecule has 0 saturated carbocycles. The van der Waals surface area contributed by atoms with Crippen LogP contribution in [-0.2, 0) is 38.2 Å². The number of carbonyl (C=O) groups is 9. The van der Waals surface area contributed by atoms with Gasteiger partial charge in [-0.05, 0) is 211 Å². The monoisotopic (exact) mass is 1300 g/mol. The molecule has 3 aliphatic heterocycles. The Labute approximate surface area is 550 Å². The lowest BCUT2D eigenvalue weighted by Gasteiger charge is -2.32. The largest absolute Gasteiger partial charge is 0.444 e. The average molecular weight is 1310 g/mol. The molecule has 510 valence electrons. The van der Waals surface area contributed by atoms with Crippen LogP contribution in [0.25, 0.3) is 0 Å². The number of amides is 7. The van der Waals surface area contributed by atoms with E-state index in [0.29, 0.717) is 125 Å². The van der Waals surface area contributed by atoms with Crippen molar-refractivity contribution in [3.63, 3.8) is 0 Å². The van der Waals surface area contributed by atoms with E-state index in [-0.39, 0.29) is 53.6 Å². The standard InChI is InChI=1S/C70H94F2N10O12/c1-44(79(9)67(90)93-69(3,4)5)62(86)77-54(65(88)81-36-18-22-56(81)48-38-50(42-73-40-48)60(84)46-26-30-52(71)31-27-46)20-14-16-34-75-59(83)25-13-11-12-24-58-64(92-58)76-35-17-15-21-55(78-63(87)45(2)80(10)68(91)94-70(6,7)8)66(89)82-37-19-23-57(82)49-39-51(43-74-41-49)61(85)47-28-32-53(72)33-29-47/h26-33,38-45,54-58,64,76H,11-25,34-37H2,1-10H3,(H,75,83)(H,77,86)(H,78,87)/t44-,45-,54-,55-,56-,57-,58?,64?/m0/s1. The van der Waals surface area contributed by atoms with Crippen LogP contribution in [0.4, 0.5) is 18.4 Å². The van der Waals surface area contributed by atoms with E-state index in [1.54, 1.807) is 89.7 Å². The van der Waals surface area contributed by atoms with Crippen LogP contribution in [0.1, 0.15) is 207 Å². The minimum atomic E-state index is -0.984. The Morgan fingerprint density at radius 1 is 0.585 bits per heavy atom. The molecule has 2 aromatic heterocycles. The molecule has 7 rings (SSSR count). The van der Waals surface area contributed by atoms with E-state index in [1.807, 2.05) is 0 Å². The van der Waals surface area contributed by atoms with Crippen LogP contribution >= 0.6 is 0 Å². The normalized spacial score (nSPS) is 18.3. The van der Waals surface area contributed by atoms with E-state index in [9.17, 15) is 51.9 Å². The molecule has 2 aromatic carbocycles. The lowest BCUT2D eigenvalue weighted by Crippen LogP contribution is -2.54. The van der Waals surface area contributed by atoms with Crippen molar-refractivity contribution in [3.05, 3.63) is 130 Å². The zero-order valence-electron chi connectivity index (χ0n) is 56.0. The molecule has 94 heavy (non-hydrogen) atoms. The third kappa shape index (κ3) is 21.4. The Kier molecular flexibility index (Phi) is 26.3. The first-order valence-electron chi connectivity index (χ1n) is 32.9. The maximum Gasteiger partial charge on any atom is 0.410 e. The summed E-state index contributed by atoms with van der Waals surface area (Å²) in [6, 6.07) is 9.19. The summed E-state index contributed by atoms with van der Waals surface area (Å²) >= 11 is 0. The molecule has 8 atom stereocenters. The molecule has 4 aromatic rings. The minimum absolute atomic E-state index is 0.0239. The van der Waals surface area contributed by atoms with Crippen molar-refractivity contribution in [2.45, 2.75) is 211 Å². The van der Waals surface area contributed by atoms with Gasteiger partial charge in [-0.3, -0.25) is 58.6 Å². The smallest absolute Gasteiger partial charge is 0.410 e. The highest BCUT2D eigenvalue weighted by molar-refractivity contribution is 6.09. The number of nitrogens with one attached hydrogen (secondary N) is 4. The maximum absolute atomic E-state index is 14.6.